The molecular formula is C23H24O6. The number of Topliss-reactive ketones (excluding diaryl/α,β-unsaturated/α-hetero) is 1. The molecule has 2 aliphatic carbocycles. The number of benzene rings is 2. The van der Waals surface area contributed by atoms with Crippen molar-refractivity contribution in [3.05, 3.63) is 41.5 Å². The van der Waals surface area contributed by atoms with Gasteiger partial charge in [0, 0.05) is 23.0 Å². The molecule has 0 unspecified atom stereocenters. The summed E-state index contributed by atoms with van der Waals surface area (Å²) in [5.41, 5.74) is 3.20. The highest BCUT2D eigenvalue weighted by molar-refractivity contribution is 6.02. The zero-order valence-electron chi connectivity index (χ0n) is 16.6. The minimum atomic E-state index is -0.816. The molecule has 4 rings (SSSR count). The lowest BCUT2D eigenvalue weighted by molar-refractivity contribution is -0.138. The maximum atomic E-state index is 12.2. The molecule has 6 nitrogen and oxygen atoms in total. The van der Waals surface area contributed by atoms with E-state index in [1.807, 2.05) is 30.3 Å². The van der Waals surface area contributed by atoms with Gasteiger partial charge in [-0.1, -0.05) is 18.2 Å². The molecule has 0 aliphatic heterocycles. The van der Waals surface area contributed by atoms with E-state index in [1.54, 1.807) is 14.2 Å². The van der Waals surface area contributed by atoms with Crippen molar-refractivity contribution < 1.29 is 28.9 Å². The van der Waals surface area contributed by atoms with Gasteiger partial charge in [0.1, 0.15) is 0 Å². The van der Waals surface area contributed by atoms with Gasteiger partial charge in [-0.3, -0.25) is 9.59 Å². The summed E-state index contributed by atoms with van der Waals surface area (Å²) in [6.45, 7) is 0.295. The molecule has 0 radical (unpaired) electrons. The van der Waals surface area contributed by atoms with Gasteiger partial charge in [0.15, 0.2) is 17.3 Å². The Labute approximate surface area is 169 Å². The average molecular weight is 396 g/mol. The Bertz CT molecular complexity index is 974. The number of ketones is 1. The lowest BCUT2D eigenvalue weighted by Gasteiger charge is -2.21. The van der Waals surface area contributed by atoms with Crippen LogP contribution < -0.4 is 14.2 Å². The van der Waals surface area contributed by atoms with Crippen molar-refractivity contribution >= 4 is 11.8 Å². The van der Waals surface area contributed by atoms with Crippen LogP contribution in [-0.2, 0) is 11.2 Å². The van der Waals surface area contributed by atoms with Crippen LogP contribution in [0.5, 0.6) is 17.2 Å². The molecule has 152 valence electrons. The van der Waals surface area contributed by atoms with Gasteiger partial charge in [0.25, 0.3) is 0 Å². The third-order valence-electron chi connectivity index (χ3n) is 5.87. The number of carboxylic acids is 1. The Balaban J connectivity index is 1.77. The van der Waals surface area contributed by atoms with E-state index in [9.17, 15) is 14.7 Å². The van der Waals surface area contributed by atoms with Gasteiger partial charge >= 0.3 is 5.97 Å². The molecule has 0 aromatic heterocycles. The summed E-state index contributed by atoms with van der Waals surface area (Å²) in [6.07, 6.45) is 2.95. The van der Waals surface area contributed by atoms with Crippen molar-refractivity contribution in [2.75, 3.05) is 20.8 Å². The molecule has 2 aromatic carbocycles. The first-order chi connectivity index (χ1) is 14.0. The van der Waals surface area contributed by atoms with Crippen molar-refractivity contribution in [1.82, 2.24) is 0 Å². The minimum absolute atomic E-state index is 0.0872. The van der Waals surface area contributed by atoms with Crippen molar-refractivity contribution in [2.24, 2.45) is 5.41 Å². The molecule has 0 amide bonds. The van der Waals surface area contributed by atoms with E-state index in [-0.39, 0.29) is 17.6 Å². The van der Waals surface area contributed by atoms with Crippen LogP contribution in [0.3, 0.4) is 0 Å². The monoisotopic (exact) mass is 396 g/mol. The van der Waals surface area contributed by atoms with E-state index in [4.69, 9.17) is 14.2 Å². The number of carbonyl (C=O) groups is 2. The number of carbonyl (C=O) groups excluding carboxylic acids is 1. The Morgan fingerprint density at radius 1 is 1.00 bits per heavy atom. The molecule has 1 saturated carbocycles. The normalized spacial score (nSPS) is 16.3. The Kier molecular flexibility index (Phi) is 4.94. The first-order valence-electron chi connectivity index (χ1n) is 9.73. The summed E-state index contributed by atoms with van der Waals surface area (Å²) >= 11 is 0. The summed E-state index contributed by atoms with van der Waals surface area (Å²) in [6, 6.07) is 9.45. The van der Waals surface area contributed by atoms with Crippen LogP contribution in [-0.4, -0.2) is 37.7 Å². The van der Waals surface area contributed by atoms with Gasteiger partial charge < -0.3 is 19.3 Å². The van der Waals surface area contributed by atoms with Crippen LogP contribution in [0.1, 0.15) is 41.6 Å². The fourth-order valence-corrected chi connectivity index (χ4v) is 4.09. The summed E-state index contributed by atoms with van der Waals surface area (Å²) in [7, 11) is 3.12. The van der Waals surface area contributed by atoms with Crippen LogP contribution in [0, 0.1) is 5.41 Å². The molecule has 29 heavy (non-hydrogen) atoms. The molecule has 1 N–H and O–H groups in total. The minimum Gasteiger partial charge on any atom is -0.493 e. The van der Waals surface area contributed by atoms with Crippen molar-refractivity contribution in [1.29, 1.82) is 0 Å². The van der Waals surface area contributed by atoms with E-state index in [0.29, 0.717) is 36.7 Å². The predicted molar refractivity (Wildman–Crippen MR) is 107 cm³/mol. The first kappa shape index (κ1) is 19.3. The molecule has 6 heteroatoms. The number of hydrogen-bond donors (Lipinski definition) is 1. The van der Waals surface area contributed by atoms with Crippen LogP contribution in [0.2, 0.25) is 0 Å². The maximum absolute atomic E-state index is 12.2. The van der Waals surface area contributed by atoms with Gasteiger partial charge in [-0.2, -0.15) is 0 Å². The number of fused-ring (bicyclic) bond motifs is 1. The SMILES string of the molecule is COc1ccc(-c2cccc3c2CCC3=O)c(OCC2(CC(=O)O)CC2)c1OC. The molecule has 1 fully saturated rings. The Morgan fingerprint density at radius 3 is 2.41 bits per heavy atom. The number of carboxylic acid groups (broad SMARTS) is 1. The van der Waals surface area contributed by atoms with Crippen molar-refractivity contribution in [2.45, 2.75) is 32.1 Å². The third kappa shape index (κ3) is 3.55. The number of aliphatic carboxylic acids is 1. The molecule has 0 bridgehead atoms. The molecule has 0 atom stereocenters. The van der Waals surface area contributed by atoms with E-state index in [0.717, 1.165) is 35.1 Å². The first-order valence-corrected chi connectivity index (χ1v) is 9.73. The van der Waals surface area contributed by atoms with E-state index < -0.39 is 5.97 Å². The highest BCUT2D eigenvalue weighted by Gasteiger charge is 2.45. The molecule has 2 aliphatic rings. The summed E-state index contributed by atoms with van der Waals surface area (Å²) in [4.78, 5) is 23.4. The highest BCUT2D eigenvalue weighted by atomic mass is 16.5. The molecule has 0 heterocycles. The maximum Gasteiger partial charge on any atom is 0.304 e. The third-order valence-corrected chi connectivity index (χ3v) is 5.87. The smallest absolute Gasteiger partial charge is 0.304 e. The number of ether oxygens (including phenoxy) is 3. The number of rotatable bonds is 8. The van der Waals surface area contributed by atoms with Crippen molar-refractivity contribution in [3.8, 4) is 28.4 Å². The summed E-state index contributed by atoms with van der Waals surface area (Å²) in [5, 5.41) is 9.20. The standard InChI is InChI=1S/C23H24O6/c1-27-19-9-7-17(14-4-3-5-16-15(14)6-8-18(16)24)21(22(19)28-2)29-13-23(10-11-23)12-20(25)26/h3-5,7,9H,6,8,10-13H2,1-2H3,(H,25,26). The fourth-order valence-electron chi connectivity index (χ4n) is 4.09. The summed E-state index contributed by atoms with van der Waals surface area (Å²) in [5.74, 6) is 0.874. The molecule has 2 aromatic rings. The second-order valence-corrected chi connectivity index (χ2v) is 7.79. The Morgan fingerprint density at radius 2 is 1.76 bits per heavy atom. The topological polar surface area (TPSA) is 82.1 Å². The lowest BCUT2D eigenvalue weighted by Crippen LogP contribution is -2.18. The van der Waals surface area contributed by atoms with Gasteiger partial charge in [0.2, 0.25) is 5.75 Å². The van der Waals surface area contributed by atoms with Crippen LogP contribution in [0.15, 0.2) is 30.3 Å². The predicted octanol–water partition coefficient (Wildman–Crippen LogP) is 4.13. The van der Waals surface area contributed by atoms with Gasteiger partial charge in [-0.15, -0.1) is 0 Å². The van der Waals surface area contributed by atoms with Crippen LogP contribution >= 0.6 is 0 Å². The number of methoxy groups -OCH3 is 2. The van der Waals surface area contributed by atoms with E-state index in [1.165, 1.54) is 0 Å². The van der Waals surface area contributed by atoms with E-state index in [2.05, 4.69) is 0 Å². The van der Waals surface area contributed by atoms with Gasteiger partial charge in [-0.05, 0) is 42.5 Å². The van der Waals surface area contributed by atoms with Gasteiger partial charge in [0.05, 0.1) is 27.2 Å². The second kappa shape index (κ2) is 7.43. The largest absolute Gasteiger partial charge is 0.493 e. The zero-order chi connectivity index (χ0) is 20.6. The highest BCUT2D eigenvalue weighted by Crippen LogP contribution is 2.52. The Hall–Kier alpha value is -3.02. The number of hydrogen-bond acceptors (Lipinski definition) is 5. The van der Waals surface area contributed by atoms with Crippen LogP contribution in [0.4, 0.5) is 0 Å². The van der Waals surface area contributed by atoms with E-state index >= 15 is 0 Å². The summed E-state index contributed by atoms with van der Waals surface area (Å²) < 4.78 is 17.3. The zero-order valence-corrected chi connectivity index (χ0v) is 16.6. The lowest BCUT2D eigenvalue weighted by atomic mass is 9.95. The average Bonchev–Trinajstić information content (AvgIpc) is 3.37. The molecule has 0 spiro atoms. The fraction of sp³-hybridized carbons (Fsp3) is 0.391. The van der Waals surface area contributed by atoms with Crippen LogP contribution in [0.25, 0.3) is 11.1 Å². The second-order valence-electron chi connectivity index (χ2n) is 7.79. The molecular weight excluding hydrogens is 372 g/mol. The quantitative estimate of drug-likeness (QED) is 0.722. The van der Waals surface area contributed by atoms with Gasteiger partial charge in [-0.25, -0.2) is 0 Å². The van der Waals surface area contributed by atoms with Crippen molar-refractivity contribution in [3.63, 3.8) is 0 Å². The molecule has 0 saturated heterocycles.